The first-order valence-electron chi connectivity index (χ1n) is 14.3. The normalized spacial score (nSPS) is 12.3. The van der Waals surface area contributed by atoms with E-state index in [1.165, 1.54) is 0 Å². The van der Waals surface area contributed by atoms with Gasteiger partial charge in [-0.25, -0.2) is 4.98 Å². The third-order valence-electron chi connectivity index (χ3n) is 7.50. The zero-order valence-electron chi connectivity index (χ0n) is 24.4. The molecule has 0 bridgehead atoms. The van der Waals surface area contributed by atoms with Crippen LogP contribution in [0.15, 0.2) is 114 Å². The molecule has 1 heterocycles. The molecule has 218 valence electrons. The minimum Gasteiger partial charge on any atom is -0.493 e. The van der Waals surface area contributed by atoms with E-state index in [4.69, 9.17) is 14.9 Å². The molecule has 1 amide bonds. The lowest BCUT2D eigenvalue weighted by Gasteiger charge is -2.33. The molecule has 0 spiro atoms. The number of ketones is 1. The molecule has 0 saturated heterocycles. The molecule has 0 aliphatic heterocycles. The van der Waals surface area contributed by atoms with Gasteiger partial charge in [0.1, 0.15) is 11.5 Å². The molecule has 7 heteroatoms. The largest absolute Gasteiger partial charge is 0.493 e. The molecule has 4 aromatic carbocycles. The second kappa shape index (κ2) is 13.2. The van der Waals surface area contributed by atoms with Crippen molar-refractivity contribution in [2.24, 2.45) is 5.73 Å². The number of hydrogen-bond acceptors (Lipinski definition) is 6. The lowest BCUT2D eigenvalue weighted by molar-refractivity contribution is -0.118. The molecule has 1 atom stereocenters. The van der Waals surface area contributed by atoms with Crippen molar-refractivity contribution in [3.63, 3.8) is 0 Å². The quantitative estimate of drug-likeness (QED) is 0.146. The highest BCUT2D eigenvalue weighted by molar-refractivity contribution is 6.12. The number of oxazole rings is 1. The average molecular weight is 574 g/mol. The Balaban J connectivity index is 1.30. The number of carbonyl (C=O) groups is 2. The average Bonchev–Trinajstić information content (AvgIpc) is 3.41. The Morgan fingerprint density at radius 1 is 0.884 bits per heavy atom. The lowest BCUT2D eigenvalue weighted by atomic mass is 9.86. The molecular formula is C36H35N3O4. The second-order valence-electron chi connectivity index (χ2n) is 10.7. The van der Waals surface area contributed by atoms with Gasteiger partial charge in [0.2, 0.25) is 11.8 Å². The number of benzene rings is 4. The third kappa shape index (κ3) is 7.19. The van der Waals surface area contributed by atoms with Crippen molar-refractivity contribution in [3.8, 4) is 17.2 Å². The zero-order valence-corrected chi connectivity index (χ0v) is 24.4. The van der Waals surface area contributed by atoms with Gasteiger partial charge < -0.3 is 20.2 Å². The predicted octanol–water partition coefficient (Wildman–Crippen LogP) is 7.10. The van der Waals surface area contributed by atoms with E-state index in [0.29, 0.717) is 47.9 Å². The number of aryl methyl sites for hydroxylation is 1. The molecule has 0 radical (unpaired) electrons. The first-order chi connectivity index (χ1) is 20.8. The number of rotatable bonds is 13. The summed E-state index contributed by atoms with van der Waals surface area (Å²) in [7, 11) is 0. The Labute approximate surface area is 251 Å². The number of carbonyl (C=O) groups excluding carboxylic acids is 2. The number of aromatic nitrogens is 1. The molecule has 5 rings (SSSR count). The molecule has 0 aliphatic carbocycles. The minimum absolute atomic E-state index is 0.0806. The van der Waals surface area contributed by atoms with Gasteiger partial charge >= 0.3 is 0 Å². The molecule has 0 saturated carbocycles. The summed E-state index contributed by atoms with van der Waals surface area (Å²) in [6.45, 7) is 4.36. The van der Waals surface area contributed by atoms with Crippen molar-refractivity contribution in [1.82, 2.24) is 4.98 Å². The van der Waals surface area contributed by atoms with Crippen LogP contribution in [-0.4, -0.2) is 23.3 Å². The number of ether oxygens (including phenoxy) is 1. The van der Waals surface area contributed by atoms with Gasteiger partial charge in [-0.1, -0.05) is 72.8 Å². The predicted molar refractivity (Wildman–Crippen MR) is 168 cm³/mol. The summed E-state index contributed by atoms with van der Waals surface area (Å²) < 4.78 is 11.9. The van der Waals surface area contributed by atoms with E-state index >= 15 is 0 Å². The third-order valence-corrected chi connectivity index (χ3v) is 7.50. The Morgan fingerprint density at radius 3 is 2.23 bits per heavy atom. The standard InChI is InChI=1S/C36H35N3O4/c1-25-31(38-35(43-25)27-13-7-4-8-14-27)22-24-42-29-19-17-28(18-20-29)36(2,23-21-33(37)40)39-32-16-10-9-15-30(32)34(41)26-11-5-3-6-12-26/h3-20,39H,21-24H2,1-2H3,(H2,37,40). The second-order valence-corrected chi connectivity index (χ2v) is 10.7. The molecule has 0 fully saturated rings. The van der Waals surface area contributed by atoms with Crippen LogP contribution in [0.2, 0.25) is 0 Å². The monoisotopic (exact) mass is 573 g/mol. The summed E-state index contributed by atoms with van der Waals surface area (Å²) in [6, 6.07) is 34.2. The maximum Gasteiger partial charge on any atom is 0.226 e. The first-order valence-corrected chi connectivity index (χ1v) is 14.3. The van der Waals surface area contributed by atoms with E-state index < -0.39 is 5.54 Å². The van der Waals surface area contributed by atoms with Crippen molar-refractivity contribution in [3.05, 3.63) is 137 Å². The molecule has 0 aliphatic rings. The first kappa shape index (κ1) is 29.3. The summed E-state index contributed by atoms with van der Waals surface area (Å²) in [5.74, 6) is 1.63. The Morgan fingerprint density at radius 2 is 1.53 bits per heavy atom. The number of primary amides is 1. The smallest absolute Gasteiger partial charge is 0.226 e. The Kier molecular flexibility index (Phi) is 9.01. The molecular weight excluding hydrogens is 538 g/mol. The Bertz CT molecular complexity index is 1680. The molecule has 1 aromatic heterocycles. The fourth-order valence-electron chi connectivity index (χ4n) is 5.03. The van der Waals surface area contributed by atoms with Crippen LogP contribution in [0.25, 0.3) is 11.5 Å². The van der Waals surface area contributed by atoms with Crippen LogP contribution in [0.1, 0.15) is 52.7 Å². The van der Waals surface area contributed by atoms with Gasteiger partial charge in [0, 0.05) is 35.2 Å². The molecule has 3 N–H and O–H groups in total. The van der Waals surface area contributed by atoms with Gasteiger partial charge in [-0.2, -0.15) is 0 Å². The van der Waals surface area contributed by atoms with Gasteiger partial charge in [0.15, 0.2) is 5.78 Å². The molecule has 1 unspecified atom stereocenters. The summed E-state index contributed by atoms with van der Waals surface area (Å²) in [4.78, 5) is 29.8. The highest BCUT2D eigenvalue weighted by atomic mass is 16.5. The number of para-hydroxylation sites is 1. The Hall–Kier alpha value is -5.17. The minimum atomic E-state index is -0.688. The summed E-state index contributed by atoms with van der Waals surface area (Å²) in [5.41, 5.74) is 9.43. The molecule has 5 aromatic rings. The number of anilines is 1. The van der Waals surface area contributed by atoms with Crippen LogP contribution in [-0.2, 0) is 16.8 Å². The van der Waals surface area contributed by atoms with Crippen LogP contribution < -0.4 is 15.8 Å². The zero-order chi connectivity index (χ0) is 30.2. The maximum absolute atomic E-state index is 13.4. The number of nitrogens with two attached hydrogens (primary N) is 1. The fraction of sp³-hybridized carbons (Fsp3) is 0.194. The van der Waals surface area contributed by atoms with Gasteiger partial charge in [0.25, 0.3) is 0 Å². The molecule has 43 heavy (non-hydrogen) atoms. The number of hydrogen-bond donors (Lipinski definition) is 2. The van der Waals surface area contributed by atoms with E-state index in [-0.39, 0.29) is 18.1 Å². The van der Waals surface area contributed by atoms with Crippen LogP contribution >= 0.6 is 0 Å². The van der Waals surface area contributed by atoms with Gasteiger partial charge in [-0.15, -0.1) is 0 Å². The van der Waals surface area contributed by atoms with Crippen molar-refractivity contribution >= 4 is 17.4 Å². The highest BCUT2D eigenvalue weighted by Gasteiger charge is 2.29. The molecule has 7 nitrogen and oxygen atoms in total. The van der Waals surface area contributed by atoms with Gasteiger partial charge in [-0.3, -0.25) is 9.59 Å². The van der Waals surface area contributed by atoms with Crippen LogP contribution in [0, 0.1) is 6.92 Å². The van der Waals surface area contributed by atoms with Crippen LogP contribution in [0.4, 0.5) is 5.69 Å². The topological polar surface area (TPSA) is 107 Å². The van der Waals surface area contributed by atoms with E-state index in [2.05, 4.69) is 10.3 Å². The van der Waals surface area contributed by atoms with Crippen molar-refractivity contribution in [2.45, 2.75) is 38.6 Å². The highest BCUT2D eigenvalue weighted by Crippen LogP contribution is 2.34. The fourth-order valence-corrected chi connectivity index (χ4v) is 5.03. The van der Waals surface area contributed by atoms with E-state index in [9.17, 15) is 9.59 Å². The SMILES string of the molecule is Cc1oc(-c2ccccc2)nc1CCOc1ccc(C(C)(CCC(N)=O)Nc2ccccc2C(=O)c2ccccc2)cc1. The summed E-state index contributed by atoms with van der Waals surface area (Å²) in [5, 5.41) is 3.56. The van der Waals surface area contributed by atoms with E-state index in [1.807, 2.05) is 111 Å². The number of nitrogens with zero attached hydrogens (tertiary/aromatic N) is 1. The summed E-state index contributed by atoms with van der Waals surface area (Å²) >= 11 is 0. The number of nitrogens with one attached hydrogen (secondary N) is 1. The number of amides is 1. The van der Waals surface area contributed by atoms with E-state index in [0.717, 1.165) is 22.6 Å². The van der Waals surface area contributed by atoms with E-state index in [1.54, 1.807) is 12.1 Å². The van der Waals surface area contributed by atoms with Crippen molar-refractivity contribution in [2.75, 3.05) is 11.9 Å². The summed E-state index contributed by atoms with van der Waals surface area (Å²) in [6.07, 6.45) is 1.22. The van der Waals surface area contributed by atoms with Gasteiger partial charge in [0.05, 0.1) is 17.8 Å². The van der Waals surface area contributed by atoms with Crippen LogP contribution in [0.3, 0.4) is 0 Å². The van der Waals surface area contributed by atoms with Crippen molar-refractivity contribution in [1.29, 1.82) is 0 Å². The van der Waals surface area contributed by atoms with Crippen molar-refractivity contribution < 1.29 is 18.7 Å². The maximum atomic E-state index is 13.4. The van der Waals surface area contributed by atoms with Gasteiger partial charge in [-0.05, 0) is 62.2 Å². The lowest BCUT2D eigenvalue weighted by Crippen LogP contribution is -2.34. The van der Waals surface area contributed by atoms with Crippen LogP contribution in [0.5, 0.6) is 5.75 Å².